The van der Waals surface area contributed by atoms with Crippen LogP contribution < -0.4 is 0 Å². The predicted molar refractivity (Wildman–Crippen MR) is 124 cm³/mol. The zero-order valence-electron chi connectivity index (χ0n) is 20.3. The third-order valence-corrected chi connectivity index (χ3v) is 8.92. The molecule has 0 heterocycles. The smallest absolute Gasteiger partial charge is 0.393 e. The van der Waals surface area contributed by atoms with E-state index < -0.39 is 24.0 Å². The van der Waals surface area contributed by atoms with Gasteiger partial charge in [-0.3, -0.25) is 0 Å². The fraction of sp³-hybridized carbons (Fsp3) is 0.778. The molecular weight excluding hydrogens is 429 g/mol. The summed E-state index contributed by atoms with van der Waals surface area (Å²) in [5.74, 6) is 1.23. The Morgan fingerprint density at radius 3 is 2.58 bits per heavy atom. The van der Waals surface area contributed by atoms with Crippen LogP contribution in [-0.2, 0) is 0 Å². The van der Waals surface area contributed by atoms with E-state index in [0.717, 1.165) is 44.6 Å². The van der Waals surface area contributed by atoms with E-state index in [2.05, 4.69) is 26.5 Å². The summed E-state index contributed by atoms with van der Waals surface area (Å²) in [7, 11) is 0. The van der Waals surface area contributed by atoms with Gasteiger partial charge in [0.25, 0.3) is 0 Å². The lowest BCUT2D eigenvalue weighted by Crippen LogP contribution is -2.42. The minimum Gasteiger partial charge on any atom is -0.393 e. The molecule has 0 radical (unpaired) electrons. The molecule has 3 fully saturated rings. The second-order valence-corrected chi connectivity index (χ2v) is 11.3. The zero-order chi connectivity index (χ0) is 24.6. The summed E-state index contributed by atoms with van der Waals surface area (Å²) in [5.41, 5.74) is 0.544. The first-order valence-electron chi connectivity index (χ1n) is 12.5. The van der Waals surface area contributed by atoms with Gasteiger partial charge in [0.05, 0.1) is 12.2 Å². The fourth-order valence-electron chi connectivity index (χ4n) is 6.79. The Kier molecular flexibility index (Phi) is 7.92. The lowest BCUT2D eigenvalue weighted by atomic mass is 9.60. The van der Waals surface area contributed by atoms with Crippen LogP contribution in [-0.4, -0.2) is 39.3 Å². The van der Waals surface area contributed by atoms with Crippen LogP contribution in [0.15, 0.2) is 35.5 Å². The highest BCUT2D eigenvalue weighted by molar-refractivity contribution is 5.38. The standard InChI is InChI=1S/C27H41F3O3/c1-17(7-5-14-26(4,33)27(28,29)30)22-11-12-23-19(8-6-13-25(22,23)3)9-10-20-15-21(31)16-24(32)18(20)2/h9-10,17,21-24,31-33H,2,5-8,11-16H2,1,3-4H3/b19-9+,20-10-/t17-,21-,22-,23?,24+,25?,26?/m1/s1. The van der Waals surface area contributed by atoms with Crippen molar-refractivity contribution in [3.05, 3.63) is 35.5 Å². The van der Waals surface area contributed by atoms with Gasteiger partial charge < -0.3 is 15.3 Å². The summed E-state index contributed by atoms with van der Waals surface area (Å²) in [6, 6.07) is 0. The van der Waals surface area contributed by atoms with Gasteiger partial charge in [0.2, 0.25) is 0 Å². The molecule has 0 aromatic heterocycles. The molecule has 188 valence electrons. The van der Waals surface area contributed by atoms with Crippen LogP contribution in [0.2, 0.25) is 0 Å². The number of rotatable bonds is 6. The SMILES string of the molecule is C=C1/C(=C\C=C2/CCCC3(C)C2CC[C@@H]3[C@H](C)CCCC(C)(O)C(F)(F)F)C[C@@H](O)C[C@@H]1O. The molecule has 3 rings (SSSR count). The van der Waals surface area contributed by atoms with Gasteiger partial charge in [-0.1, -0.05) is 44.6 Å². The first-order valence-corrected chi connectivity index (χ1v) is 12.5. The second kappa shape index (κ2) is 9.87. The van der Waals surface area contributed by atoms with Crippen LogP contribution in [0.4, 0.5) is 13.2 Å². The minimum atomic E-state index is -4.59. The maximum atomic E-state index is 13.0. The zero-order valence-corrected chi connectivity index (χ0v) is 20.3. The number of aliphatic hydroxyl groups excluding tert-OH is 2. The number of aliphatic hydroxyl groups is 3. The van der Waals surface area contributed by atoms with Gasteiger partial charge in [-0.05, 0) is 92.6 Å². The summed E-state index contributed by atoms with van der Waals surface area (Å²) >= 11 is 0. The average molecular weight is 471 g/mol. The highest BCUT2D eigenvalue weighted by Crippen LogP contribution is 2.60. The Bertz CT molecular complexity index is 782. The summed E-state index contributed by atoms with van der Waals surface area (Å²) in [6.45, 7) is 9.39. The topological polar surface area (TPSA) is 60.7 Å². The van der Waals surface area contributed by atoms with Gasteiger partial charge in [-0.25, -0.2) is 0 Å². The first kappa shape index (κ1) is 26.5. The molecular formula is C27H41F3O3. The molecule has 3 aliphatic carbocycles. The van der Waals surface area contributed by atoms with Gasteiger partial charge in [-0.2, -0.15) is 13.2 Å². The number of halogens is 3. The van der Waals surface area contributed by atoms with Gasteiger partial charge >= 0.3 is 6.18 Å². The molecule has 3 unspecified atom stereocenters. The molecule has 7 atom stereocenters. The highest BCUT2D eigenvalue weighted by atomic mass is 19.4. The Morgan fingerprint density at radius 1 is 1.21 bits per heavy atom. The molecule has 0 aliphatic heterocycles. The lowest BCUT2D eigenvalue weighted by Gasteiger charge is -2.44. The highest BCUT2D eigenvalue weighted by Gasteiger charge is 2.51. The predicted octanol–water partition coefficient (Wildman–Crippen LogP) is 6.25. The molecule has 0 bridgehead atoms. The molecule has 6 heteroatoms. The summed E-state index contributed by atoms with van der Waals surface area (Å²) in [6.07, 6.45) is 5.49. The second-order valence-electron chi connectivity index (χ2n) is 11.3. The third-order valence-electron chi connectivity index (χ3n) is 8.92. The molecule has 33 heavy (non-hydrogen) atoms. The first-order chi connectivity index (χ1) is 15.3. The molecule has 3 aliphatic rings. The molecule has 0 aromatic carbocycles. The van der Waals surface area contributed by atoms with Crippen LogP contribution >= 0.6 is 0 Å². The van der Waals surface area contributed by atoms with Crippen molar-refractivity contribution >= 4 is 0 Å². The maximum Gasteiger partial charge on any atom is 0.416 e. The number of allylic oxidation sites excluding steroid dienone is 3. The molecule has 0 amide bonds. The number of alkyl halides is 3. The van der Waals surface area contributed by atoms with Crippen molar-refractivity contribution in [2.75, 3.05) is 0 Å². The van der Waals surface area contributed by atoms with Crippen molar-refractivity contribution in [2.24, 2.45) is 23.2 Å². The minimum absolute atomic E-state index is 0.136. The molecule has 0 saturated heterocycles. The largest absolute Gasteiger partial charge is 0.416 e. The van der Waals surface area contributed by atoms with Crippen LogP contribution in [0.5, 0.6) is 0 Å². The summed E-state index contributed by atoms with van der Waals surface area (Å²) < 4.78 is 38.9. The summed E-state index contributed by atoms with van der Waals surface area (Å²) in [4.78, 5) is 0. The van der Waals surface area contributed by atoms with E-state index in [0.29, 0.717) is 49.0 Å². The Morgan fingerprint density at radius 2 is 1.91 bits per heavy atom. The van der Waals surface area contributed by atoms with E-state index in [4.69, 9.17) is 0 Å². The van der Waals surface area contributed by atoms with Crippen molar-refractivity contribution in [1.29, 1.82) is 0 Å². The van der Waals surface area contributed by atoms with Gasteiger partial charge in [0.1, 0.15) is 0 Å². The van der Waals surface area contributed by atoms with Crippen molar-refractivity contribution in [2.45, 2.75) is 109 Å². The summed E-state index contributed by atoms with van der Waals surface area (Å²) in [5, 5.41) is 29.9. The van der Waals surface area contributed by atoms with Gasteiger partial charge in [0.15, 0.2) is 5.60 Å². The van der Waals surface area contributed by atoms with Crippen molar-refractivity contribution in [3.8, 4) is 0 Å². The van der Waals surface area contributed by atoms with E-state index >= 15 is 0 Å². The third kappa shape index (κ3) is 5.59. The molecule has 3 nitrogen and oxygen atoms in total. The maximum absolute atomic E-state index is 13.0. The quantitative estimate of drug-likeness (QED) is 0.430. The van der Waals surface area contributed by atoms with E-state index in [9.17, 15) is 28.5 Å². The molecule has 3 N–H and O–H groups in total. The van der Waals surface area contributed by atoms with Crippen LogP contribution in [0, 0.1) is 23.2 Å². The van der Waals surface area contributed by atoms with Crippen LogP contribution in [0.3, 0.4) is 0 Å². The molecule has 3 saturated carbocycles. The number of hydrogen-bond donors (Lipinski definition) is 3. The van der Waals surface area contributed by atoms with Crippen molar-refractivity contribution < 1.29 is 28.5 Å². The van der Waals surface area contributed by atoms with E-state index in [1.165, 1.54) is 5.57 Å². The van der Waals surface area contributed by atoms with Crippen molar-refractivity contribution in [1.82, 2.24) is 0 Å². The molecule has 0 spiro atoms. The van der Waals surface area contributed by atoms with E-state index in [-0.39, 0.29) is 11.8 Å². The van der Waals surface area contributed by atoms with Gasteiger partial charge in [0, 0.05) is 6.42 Å². The Balaban J connectivity index is 1.67. The van der Waals surface area contributed by atoms with E-state index in [1.54, 1.807) is 0 Å². The van der Waals surface area contributed by atoms with Crippen molar-refractivity contribution in [3.63, 3.8) is 0 Å². The van der Waals surface area contributed by atoms with Crippen LogP contribution in [0.1, 0.15) is 85.0 Å². The Hall–Kier alpha value is -1.11. The lowest BCUT2D eigenvalue weighted by molar-refractivity contribution is -0.255. The number of fused-ring (bicyclic) bond motifs is 1. The fourth-order valence-corrected chi connectivity index (χ4v) is 6.79. The van der Waals surface area contributed by atoms with E-state index in [1.807, 2.05) is 6.08 Å². The Labute approximate surface area is 196 Å². The normalized spacial score (nSPS) is 38.4. The van der Waals surface area contributed by atoms with Crippen LogP contribution in [0.25, 0.3) is 0 Å². The monoisotopic (exact) mass is 470 g/mol. The van der Waals surface area contributed by atoms with Gasteiger partial charge in [-0.15, -0.1) is 0 Å². The average Bonchev–Trinajstić information content (AvgIpc) is 3.06. The number of hydrogen-bond acceptors (Lipinski definition) is 3. The molecule has 0 aromatic rings.